The van der Waals surface area contributed by atoms with Gasteiger partial charge in [0.2, 0.25) is 0 Å². The van der Waals surface area contributed by atoms with E-state index in [9.17, 15) is 4.79 Å². The molecule has 2 saturated heterocycles. The standard InChI is InChI=1S/C19H29N3O2S/c1-15(16-3-5-18(24-2)6-4-16)20-19(23)22-9-7-17(8-10-22)21-11-13-25-14-12-21/h3-6,15,17H,7-14H2,1-2H3,(H,20,23)/t15-/m1/s1. The highest BCUT2D eigenvalue weighted by Crippen LogP contribution is 2.22. The first-order chi connectivity index (χ1) is 12.2. The molecule has 0 aromatic heterocycles. The zero-order valence-corrected chi connectivity index (χ0v) is 16.1. The fourth-order valence-corrected chi connectivity index (χ4v) is 4.56. The Morgan fingerprint density at radius 2 is 1.80 bits per heavy atom. The van der Waals surface area contributed by atoms with Crippen LogP contribution in [0.3, 0.4) is 0 Å². The fourth-order valence-electron chi connectivity index (χ4n) is 3.63. The first kappa shape index (κ1) is 18.4. The Kier molecular flexibility index (Phi) is 6.48. The van der Waals surface area contributed by atoms with E-state index < -0.39 is 0 Å². The number of hydrogen-bond acceptors (Lipinski definition) is 4. The molecule has 0 unspecified atom stereocenters. The van der Waals surface area contributed by atoms with Gasteiger partial charge in [-0.25, -0.2) is 4.79 Å². The van der Waals surface area contributed by atoms with Crippen molar-refractivity contribution in [1.82, 2.24) is 15.1 Å². The van der Waals surface area contributed by atoms with Gasteiger partial charge in [-0.15, -0.1) is 0 Å². The van der Waals surface area contributed by atoms with Gasteiger partial charge in [0, 0.05) is 43.7 Å². The number of thioether (sulfide) groups is 1. The van der Waals surface area contributed by atoms with Crippen LogP contribution in [0.1, 0.15) is 31.4 Å². The highest BCUT2D eigenvalue weighted by molar-refractivity contribution is 7.99. The maximum atomic E-state index is 12.6. The SMILES string of the molecule is COc1ccc([C@@H](C)NC(=O)N2CCC(N3CCSCC3)CC2)cc1. The van der Waals surface area contributed by atoms with Crippen molar-refractivity contribution < 1.29 is 9.53 Å². The lowest BCUT2D eigenvalue weighted by Gasteiger charge is -2.40. The summed E-state index contributed by atoms with van der Waals surface area (Å²) < 4.78 is 5.18. The van der Waals surface area contributed by atoms with Crippen LogP contribution in [0, 0.1) is 0 Å². The van der Waals surface area contributed by atoms with E-state index in [-0.39, 0.29) is 12.1 Å². The summed E-state index contributed by atoms with van der Waals surface area (Å²) in [7, 11) is 1.66. The minimum atomic E-state index is -0.00440. The number of rotatable bonds is 4. The maximum Gasteiger partial charge on any atom is 0.317 e. The van der Waals surface area contributed by atoms with Crippen LogP contribution in [0.5, 0.6) is 5.75 Å². The predicted octanol–water partition coefficient (Wildman–Crippen LogP) is 2.98. The average molecular weight is 364 g/mol. The Balaban J connectivity index is 1.46. The molecule has 2 amide bonds. The van der Waals surface area contributed by atoms with Crippen molar-refractivity contribution in [2.75, 3.05) is 44.8 Å². The predicted molar refractivity (Wildman–Crippen MR) is 103 cm³/mol. The van der Waals surface area contributed by atoms with E-state index in [4.69, 9.17) is 4.74 Å². The minimum Gasteiger partial charge on any atom is -0.497 e. The second kappa shape index (κ2) is 8.81. The van der Waals surface area contributed by atoms with Gasteiger partial charge in [0.15, 0.2) is 0 Å². The molecular weight excluding hydrogens is 334 g/mol. The number of piperidine rings is 1. The molecule has 3 rings (SSSR count). The van der Waals surface area contributed by atoms with Crippen LogP contribution in [0.15, 0.2) is 24.3 Å². The molecule has 2 aliphatic heterocycles. The monoisotopic (exact) mass is 363 g/mol. The topological polar surface area (TPSA) is 44.8 Å². The number of amides is 2. The van der Waals surface area contributed by atoms with E-state index in [1.165, 1.54) is 24.6 Å². The van der Waals surface area contributed by atoms with Gasteiger partial charge in [0.05, 0.1) is 13.2 Å². The Bertz CT molecular complexity index is 552. The molecule has 0 aliphatic carbocycles. The number of ether oxygens (including phenoxy) is 1. The lowest BCUT2D eigenvalue weighted by atomic mass is 10.0. The van der Waals surface area contributed by atoms with Crippen molar-refractivity contribution in [3.63, 3.8) is 0 Å². The third-order valence-electron chi connectivity index (χ3n) is 5.27. The molecule has 1 atom stereocenters. The molecule has 2 heterocycles. The van der Waals surface area contributed by atoms with Gasteiger partial charge in [-0.05, 0) is 37.5 Å². The van der Waals surface area contributed by atoms with E-state index in [0.717, 1.165) is 37.2 Å². The molecule has 0 radical (unpaired) electrons. The van der Waals surface area contributed by atoms with Gasteiger partial charge in [0.1, 0.15) is 5.75 Å². The molecule has 0 saturated carbocycles. The van der Waals surface area contributed by atoms with Crippen molar-refractivity contribution >= 4 is 17.8 Å². The largest absolute Gasteiger partial charge is 0.497 e. The summed E-state index contributed by atoms with van der Waals surface area (Å²) in [5.74, 6) is 3.33. The Labute approximate surface area is 155 Å². The molecule has 2 aliphatic rings. The molecule has 1 aromatic carbocycles. The number of likely N-dealkylation sites (tertiary alicyclic amines) is 1. The first-order valence-corrected chi connectivity index (χ1v) is 10.3. The van der Waals surface area contributed by atoms with Crippen molar-refractivity contribution in [2.24, 2.45) is 0 Å². The van der Waals surface area contributed by atoms with Crippen molar-refractivity contribution in [3.05, 3.63) is 29.8 Å². The number of carbonyl (C=O) groups is 1. The molecule has 25 heavy (non-hydrogen) atoms. The van der Waals surface area contributed by atoms with Gasteiger partial charge in [-0.1, -0.05) is 12.1 Å². The highest BCUT2D eigenvalue weighted by atomic mass is 32.2. The third-order valence-corrected chi connectivity index (χ3v) is 6.21. The number of urea groups is 1. The second-order valence-corrected chi connectivity index (χ2v) is 8.04. The summed E-state index contributed by atoms with van der Waals surface area (Å²) >= 11 is 2.05. The van der Waals surface area contributed by atoms with Crippen molar-refractivity contribution in [3.8, 4) is 5.75 Å². The summed E-state index contributed by atoms with van der Waals surface area (Å²) in [4.78, 5) is 17.1. The summed E-state index contributed by atoms with van der Waals surface area (Å²) in [6, 6.07) is 8.57. The Morgan fingerprint density at radius 1 is 1.16 bits per heavy atom. The van der Waals surface area contributed by atoms with Gasteiger partial charge in [-0.3, -0.25) is 4.90 Å². The molecular formula is C19H29N3O2S. The van der Waals surface area contributed by atoms with Crippen molar-refractivity contribution in [1.29, 1.82) is 0 Å². The van der Waals surface area contributed by atoms with Crippen LogP contribution in [0.2, 0.25) is 0 Å². The van der Waals surface area contributed by atoms with Crippen molar-refractivity contribution in [2.45, 2.75) is 31.8 Å². The smallest absolute Gasteiger partial charge is 0.317 e. The molecule has 0 bridgehead atoms. The van der Waals surface area contributed by atoms with E-state index in [1.54, 1.807) is 7.11 Å². The van der Waals surface area contributed by atoms with Gasteiger partial charge in [-0.2, -0.15) is 11.8 Å². The number of nitrogens with one attached hydrogen (secondary N) is 1. The average Bonchev–Trinajstić information content (AvgIpc) is 2.68. The summed E-state index contributed by atoms with van der Waals surface area (Å²) in [5, 5.41) is 3.13. The quantitative estimate of drug-likeness (QED) is 0.893. The van der Waals surface area contributed by atoms with E-state index >= 15 is 0 Å². The molecule has 1 N–H and O–H groups in total. The molecule has 138 valence electrons. The normalized spacial score (nSPS) is 21.0. The lowest BCUT2D eigenvalue weighted by Crippen LogP contribution is -2.51. The molecule has 1 aromatic rings. The maximum absolute atomic E-state index is 12.6. The molecule has 6 heteroatoms. The fraction of sp³-hybridized carbons (Fsp3) is 0.632. The molecule has 5 nitrogen and oxygen atoms in total. The van der Waals surface area contributed by atoms with E-state index in [1.807, 2.05) is 36.1 Å². The van der Waals surface area contributed by atoms with Gasteiger partial charge in [0.25, 0.3) is 0 Å². The van der Waals surface area contributed by atoms with Crippen LogP contribution >= 0.6 is 11.8 Å². The van der Waals surface area contributed by atoms with E-state index in [0.29, 0.717) is 6.04 Å². The Morgan fingerprint density at radius 3 is 2.40 bits per heavy atom. The second-order valence-electron chi connectivity index (χ2n) is 6.81. The number of nitrogens with zero attached hydrogens (tertiary/aromatic N) is 2. The number of benzene rings is 1. The molecule has 2 fully saturated rings. The van der Waals surface area contributed by atoms with Crippen LogP contribution < -0.4 is 10.1 Å². The first-order valence-electron chi connectivity index (χ1n) is 9.18. The number of carbonyl (C=O) groups excluding carboxylic acids is 1. The Hall–Kier alpha value is -1.40. The highest BCUT2D eigenvalue weighted by Gasteiger charge is 2.28. The van der Waals surface area contributed by atoms with E-state index in [2.05, 4.69) is 22.0 Å². The minimum absolute atomic E-state index is 0.00440. The third kappa shape index (κ3) is 4.82. The summed E-state index contributed by atoms with van der Waals surface area (Å²) in [5.41, 5.74) is 1.09. The van der Waals surface area contributed by atoms with Gasteiger partial charge < -0.3 is 15.0 Å². The zero-order valence-electron chi connectivity index (χ0n) is 15.2. The number of hydrogen-bond donors (Lipinski definition) is 1. The summed E-state index contributed by atoms with van der Waals surface area (Å²) in [6.07, 6.45) is 2.18. The van der Waals surface area contributed by atoms with Crippen LogP contribution in [0.4, 0.5) is 4.79 Å². The number of methoxy groups -OCH3 is 1. The summed E-state index contributed by atoms with van der Waals surface area (Å²) in [6.45, 7) is 6.15. The van der Waals surface area contributed by atoms with Crippen LogP contribution in [0.25, 0.3) is 0 Å². The van der Waals surface area contributed by atoms with Gasteiger partial charge >= 0.3 is 6.03 Å². The zero-order chi connectivity index (χ0) is 17.6. The lowest BCUT2D eigenvalue weighted by molar-refractivity contribution is 0.123. The van der Waals surface area contributed by atoms with Crippen LogP contribution in [-0.2, 0) is 0 Å². The molecule has 0 spiro atoms. The van der Waals surface area contributed by atoms with Crippen LogP contribution in [-0.4, -0.2) is 66.7 Å².